The number of carbonyl (C=O) groups is 2. The van der Waals surface area contributed by atoms with Gasteiger partial charge in [0.25, 0.3) is 5.91 Å². The molecule has 0 atom stereocenters. The summed E-state index contributed by atoms with van der Waals surface area (Å²) in [7, 11) is 1.75. The number of imidazole rings is 1. The van der Waals surface area contributed by atoms with Gasteiger partial charge in [-0.05, 0) is 18.2 Å². The summed E-state index contributed by atoms with van der Waals surface area (Å²) in [4.78, 5) is 36.1. The van der Waals surface area contributed by atoms with Crippen molar-refractivity contribution < 1.29 is 27.9 Å². The van der Waals surface area contributed by atoms with E-state index in [0.717, 1.165) is 16.6 Å². The Hall–Kier alpha value is -4.02. The van der Waals surface area contributed by atoms with E-state index in [1.165, 1.54) is 0 Å². The van der Waals surface area contributed by atoms with Gasteiger partial charge in [0.1, 0.15) is 5.69 Å². The van der Waals surface area contributed by atoms with Crippen molar-refractivity contribution in [3.8, 4) is 0 Å². The van der Waals surface area contributed by atoms with Crippen LogP contribution in [0, 0.1) is 0 Å². The monoisotopic (exact) mass is 431 g/mol. The molecule has 0 aliphatic heterocycles. The van der Waals surface area contributed by atoms with E-state index in [1.54, 1.807) is 34.8 Å². The van der Waals surface area contributed by atoms with Crippen molar-refractivity contribution >= 4 is 28.6 Å². The van der Waals surface area contributed by atoms with Crippen LogP contribution in [-0.4, -0.2) is 54.5 Å². The first-order valence-corrected chi connectivity index (χ1v) is 8.85. The predicted molar refractivity (Wildman–Crippen MR) is 104 cm³/mol. The van der Waals surface area contributed by atoms with Crippen LogP contribution < -0.4 is 0 Å². The topological polar surface area (TPSA) is 101 Å². The summed E-state index contributed by atoms with van der Waals surface area (Å²) in [6.45, 7) is 0.422. The van der Waals surface area contributed by atoms with Gasteiger partial charge < -0.3 is 10.0 Å². The quantitative estimate of drug-likeness (QED) is 0.535. The lowest BCUT2D eigenvalue weighted by Gasteiger charge is -2.15. The lowest BCUT2D eigenvalue weighted by Crippen LogP contribution is -2.26. The molecule has 0 aliphatic carbocycles. The number of carboxylic acids is 1. The number of carbonyl (C=O) groups excluding carboxylic acids is 1. The fraction of sp³-hybridized carbons (Fsp3) is 0.150. The summed E-state index contributed by atoms with van der Waals surface area (Å²) in [6, 6.07) is 13.7. The van der Waals surface area contributed by atoms with Crippen LogP contribution in [0.3, 0.4) is 0 Å². The van der Waals surface area contributed by atoms with E-state index in [2.05, 4.69) is 15.0 Å². The fourth-order valence-corrected chi connectivity index (χ4v) is 2.64. The number of rotatable bonds is 3. The molecule has 0 radical (unpaired) electrons. The first-order chi connectivity index (χ1) is 14.6. The van der Waals surface area contributed by atoms with E-state index in [9.17, 15) is 18.0 Å². The highest BCUT2D eigenvalue weighted by Gasteiger charge is 2.38. The second-order valence-electron chi connectivity index (χ2n) is 6.41. The molecule has 31 heavy (non-hydrogen) atoms. The Morgan fingerprint density at radius 3 is 2.48 bits per heavy atom. The predicted octanol–water partition coefficient (Wildman–Crippen LogP) is 3.18. The maximum Gasteiger partial charge on any atom is 0.490 e. The third kappa shape index (κ3) is 5.32. The number of amides is 1. The molecule has 11 heteroatoms. The van der Waals surface area contributed by atoms with Crippen LogP contribution in [-0.2, 0) is 11.3 Å². The molecule has 0 spiro atoms. The van der Waals surface area contributed by atoms with Gasteiger partial charge in [-0.15, -0.1) is 0 Å². The average Bonchev–Trinajstić information content (AvgIpc) is 3.17. The molecule has 3 aromatic heterocycles. The number of carboxylic acid groups (broad SMARTS) is 1. The van der Waals surface area contributed by atoms with Gasteiger partial charge in [0.15, 0.2) is 0 Å². The highest BCUT2D eigenvalue weighted by atomic mass is 19.4. The molecule has 1 amide bonds. The molecule has 0 aliphatic rings. The number of benzene rings is 1. The normalized spacial score (nSPS) is 11.1. The molecular formula is C20H16F3N5O3. The van der Waals surface area contributed by atoms with Gasteiger partial charge in [-0.2, -0.15) is 13.2 Å². The summed E-state index contributed by atoms with van der Waals surface area (Å²) in [5.41, 5.74) is 2.14. The number of fused-ring (bicyclic) bond motifs is 2. The van der Waals surface area contributed by atoms with Gasteiger partial charge in [0.2, 0.25) is 5.78 Å². The smallest absolute Gasteiger partial charge is 0.475 e. The molecule has 4 rings (SSSR count). The highest BCUT2D eigenvalue weighted by Crippen LogP contribution is 2.14. The van der Waals surface area contributed by atoms with Crippen LogP contribution in [0.4, 0.5) is 13.2 Å². The van der Waals surface area contributed by atoms with Crippen LogP contribution in [0.15, 0.2) is 61.1 Å². The summed E-state index contributed by atoms with van der Waals surface area (Å²) in [5.74, 6) is -2.40. The number of aromatic nitrogens is 4. The zero-order chi connectivity index (χ0) is 22.6. The van der Waals surface area contributed by atoms with Crippen LogP contribution in [0.25, 0.3) is 16.7 Å². The standard InChI is InChI=1S/C18H15N5O.C2HF3O2/c1-22(11-14-8-7-13-5-2-3-6-15(13)20-14)17(24)16-12-23-10-4-9-19-18(23)21-16;3-2(4,5)1(6)7/h2-10,12H,11H2,1H3;(H,6,7). The van der Waals surface area contributed by atoms with E-state index in [1.807, 2.05) is 42.6 Å². The Morgan fingerprint density at radius 2 is 1.81 bits per heavy atom. The maximum atomic E-state index is 12.6. The molecule has 160 valence electrons. The average molecular weight is 431 g/mol. The number of halogens is 3. The van der Waals surface area contributed by atoms with Crippen molar-refractivity contribution in [1.82, 2.24) is 24.3 Å². The first kappa shape index (κ1) is 21.7. The minimum Gasteiger partial charge on any atom is -0.475 e. The van der Waals surface area contributed by atoms with Crippen molar-refractivity contribution in [3.63, 3.8) is 0 Å². The summed E-state index contributed by atoms with van der Waals surface area (Å²) in [6.07, 6.45) is 0.0747. The Labute approximate surface area is 173 Å². The highest BCUT2D eigenvalue weighted by molar-refractivity contribution is 5.92. The fourth-order valence-electron chi connectivity index (χ4n) is 2.64. The molecule has 1 aromatic carbocycles. The SMILES string of the molecule is CN(Cc1ccc2ccccc2n1)C(=O)c1cn2cccnc2n1.O=C(O)C(F)(F)F. The molecule has 0 saturated carbocycles. The van der Waals surface area contributed by atoms with E-state index in [-0.39, 0.29) is 5.91 Å². The summed E-state index contributed by atoms with van der Waals surface area (Å²) < 4.78 is 33.5. The molecule has 3 heterocycles. The Balaban J connectivity index is 0.000000339. The number of hydrogen-bond acceptors (Lipinski definition) is 5. The number of alkyl halides is 3. The molecule has 8 nitrogen and oxygen atoms in total. The van der Waals surface area contributed by atoms with Crippen LogP contribution in [0.5, 0.6) is 0 Å². The Bertz CT molecular complexity index is 1210. The van der Waals surface area contributed by atoms with Gasteiger partial charge >= 0.3 is 12.1 Å². The van der Waals surface area contributed by atoms with Crippen molar-refractivity contribution in [2.75, 3.05) is 7.05 Å². The third-order valence-electron chi connectivity index (χ3n) is 4.10. The van der Waals surface area contributed by atoms with Crippen LogP contribution >= 0.6 is 0 Å². The molecule has 1 N–H and O–H groups in total. The molecule has 0 bridgehead atoms. The van der Waals surface area contributed by atoms with Crippen LogP contribution in [0.2, 0.25) is 0 Å². The largest absolute Gasteiger partial charge is 0.490 e. The van der Waals surface area contributed by atoms with Crippen molar-refractivity contribution in [3.05, 3.63) is 72.4 Å². The minimum atomic E-state index is -5.08. The number of para-hydroxylation sites is 1. The van der Waals surface area contributed by atoms with Gasteiger partial charge in [-0.1, -0.05) is 24.3 Å². The van der Waals surface area contributed by atoms with Gasteiger partial charge in [-0.3, -0.25) is 14.2 Å². The van der Waals surface area contributed by atoms with E-state index in [4.69, 9.17) is 9.90 Å². The first-order valence-electron chi connectivity index (χ1n) is 8.85. The van der Waals surface area contributed by atoms with Gasteiger partial charge in [-0.25, -0.2) is 14.8 Å². The third-order valence-corrected chi connectivity index (χ3v) is 4.10. The van der Waals surface area contributed by atoms with E-state index < -0.39 is 12.1 Å². The van der Waals surface area contributed by atoms with Crippen molar-refractivity contribution in [2.24, 2.45) is 0 Å². The second-order valence-corrected chi connectivity index (χ2v) is 6.41. The Morgan fingerprint density at radius 1 is 1.10 bits per heavy atom. The number of hydrogen-bond donors (Lipinski definition) is 1. The molecule has 0 unspecified atom stereocenters. The van der Waals surface area contributed by atoms with Crippen molar-refractivity contribution in [1.29, 1.82) is 0 Å². The summed E-state index contributed by atoms with van der Waals surface area (Å²) in [5, 5.41) is 8.21. The molecular weight excluding hydrogens is 415 g/mol. The molecule has 0 saturated heterocycles. The minimum absolute atomic E-state index is 0.157. The maximum absolute atomic E-state index is 12.6. The second kappa shape index (κ2) is 8.78. The molecule has 4 aromatic rings. The summed E-state index contributed by atoms with van der Waals surface area (Å²) >= 11 is 0. The van der Waals surface area contributed by atoms with Gasteiger partial charge in [0.05, 0.1) is 17.8 Å². The zero-order valence-corrected chi connectivity index (χ0v) is 16.1. The van der Waals surface area contributed by atoms with E-state index >= 15 is 0 Å². The van der Waals surface area contributed by atoms with Crippen LogP contribution in [0.1, 0.15) is 16.2 Å². The zero-order valence-electron chi connectivity index (χ0n) is 16.1. The van der Waals surface area contributed by atoms with E-state index in [0.29, 0.717) is 18.0 Å². The number of nitrogens with zero attached hydrogens (tertiary/aromatic N) is 5. The Kier molecular flexibility index (Phi) is 6.14. The number of pyridine rings is 1. The lowest BCUT2D eigenvalue weighted by atomic mass is 10.2. The van der Waals surface area contributed by atoms with Crippen molar-refractivity contribution in [2.45, 2.75) is 12.7 Å². The van der Waals surface area contributed by atoms with Gasteiger partial charge in [0, 0.05) is 31.0 Å². The lowest BCUT2D eigenvalue weighted by molar-refractivity contribution is -0.192. The number of aliphatic carboxylic acids is 1. The molecule has 0 fully saturated rings.